The predicted molar refractivity (Wildman–Crippen MR) is 71.3 cm³/mol. The molecule has 0 aliphatic carbocycles. The number of hydrogen-bond acceptors (Lipinski definition) is 1. The van der Waals surface area contributed by atoms with Crippen molar-refractivity contribution in [2.45, 2.75) is 12.5 Å². The summed E-state index contributed by atoms with van der Waals surface area (Å²) in [4.78, 5) is 0. The smallest absolute Gasteiger partial charge is 0.0861 e. The van der Waals surface area contributed by atoms with E-state index >= 15 is 0 Å². The summed E-state index contributed by atoms with van der Waals surface area (Å²) >= 11 is 5.87. The minimum Gasteiger partial charge on any atom is -0.376 e. The van der Waals surface area contributed by atoms with E-state index in [1.165, 1.54) is 11.1 Å². The van der Waals surface area contributed by atoms with E-state index in [1.54, 1.807) is 7.11 Å². The molecule has 0 amide bonds. The fraction of sp³-hybridized carbons (Fsp3) is 0.200. The summed E-state index contributed by atoms with van der Waals surface area (Å²) in [5.41, 5.74) is 2.43. The summed E-state index contributed by atoms with van der Waals surface area (Å²) in [6.07, 6.45) is 0.954. The zero-order chi connectivity index (χ0) is 12.1. The molecular formula is C15H15ClO. The molecule has 0 saturated heterocycles. The van der Waals surface area contributed by atoms with Crippen LogP contribution in [0.4, 0.5) is 0 Å². The van der Waals surface area contributed by atoms with E-state index in [9.17, 15) is 0 Å². The summed E-state index contributed by atoms with van der Waals surface area (Å²) in [5.74, 6) is 0. The maximum Gasteiger partial charge on any atom is 0.0861 e. The average Bonchev–Trinajstić information content (AvgIpc) is 2.39. The Bertz CT molecular complexity index is 450. The van der Waals surface area contributed by atoms with Crippen LogP contribution in [0.25, 0.3) is 0 Å². The van der Waals surface area contributed by atoms with Crippen molar-refractivity contribution in [1.82, 2.24) is 0 Å². The van der Waals surface area contributed by atoms with Crippen molar-refractivity contribution in [3.8, 4) is 0 Å². The number of methoxy groups -OCH3 is 1. The maximum atomic E-state index is 5.87. The fourth-order valence-electron chi connectivity index (χ4n) is 1.84. The molecule has 0 spiro atoms. The van der Waals surface area contributed by atoms with Gasteiger partial charge < -0.3 is 4.74 Å². The van der Waals surface area contributed by atoms with Gasteiger partial charge >= 0.3 is 0 Å². The first kappa shape index (κ1) is 12.2. The molecule has 1 atom stereocenters. The number of ether oxygens (including phenoxy) is 1. The first-order valence-electron chi connectivity index (χ1n) is 5.62. The summed E-state index contributed by atoms with van der Waals surface area (Å²) in [6, 6.07) is 18.1. The van der Waals surface area contributed by atoms with Crippen molar-refractivity contribution in [3.05, 3.63) is 70.7 Å². The topological polar surface area (TPSA) is 9.23 Å². The van der Waals surface area contributed by atoms with Crippen molar-refractivity contribution in [3.63, 3.8) is 0 Å². The average molecular weight is 247 g/mol. The zero-order valence-electron chi connectivity index (χ0n) is 9.77. The lowest BCUT2D eigenvalue weighted by Gasteiger charge is -2.15. The number of rotatable bonds is 4. The van der Waals surface area contributed by atoms with Gasteiger partial charge in [0.05, 0.1) is 6.10 Å². The molecule has 2 aromatic carbocycles. The lowest BCUT2D eigenvalue weighted by atomic mass is 10.0. The van der Waals surface area contributed by atoms with Gasteiger partial charge in [0.25, 0.3) is 0 Å². The van der Waals surface area contributed by atoms with E-state index < -0.39 is 0 Å². The monoisotopic (exact) mass is 246 g/mol. The van der Waals surface area contributed by atoms with Crippen molar-refractivity contribution in [2.75, 3.05) is 7.11 Å². The Hall–Kier alpha value is -1.31. The van der Waals surface area contributed by atoms with E-state index in [-0.39, 0.29) is 6.10 Å². The van der Waals surface area contributed by atoms with E-state index in [4.69, 9.17) is 16.3 Å². The second-order valence-corrected chi connectivity index (χ2v) is 4.40. The van der Waals surface area contributed by atoms with Crippen molar-refractivity contribution >= 4 is 11.6 Å². The van der Waals surface area contributed by atoms with Crippen LogP contribution in [0, 0.1) is 0 Å². The molecule has 2 heteroatoms. The van der Waals surface area contributed by atoms with Gasteiger partial charge in [-0.2, -0.15) is 0 Å². The van der Waals surface area contributed by atoms with Crippen molar-refractivity contribution < 1.29 is 4.74 Å². The minimum atomic E-state index is 0.0948. The van der Waals surface area contributed by atoms with Gasteiger partial charge in [0, 0.05) is 18.6 Å². The van der Waals surface area contributed by atoms with Gasteiger partial charge in [0.2, 0.25) is 0 Å². The molecule has 17 heavy (non-hydrogen) atoms. The molecule has 0 aliphatic rings. The lowest BCUT2D eigenvalue weighted by Crippen LogP contribution is -2.05. The maximum absolute atomic E-state index is 5.87. The fourth-order valence-corrected chi connectivity index (χ4v) is 1.97. The van der Waals surface area contributed by atoms with E-state index in [0.717, 1.165) is 11.4 Å². The van der Waals surface area contributed by atoms with E-state index in [1.807, 2.05) is 42.5 Å². The highest BCUT2D eigenvalue weighted by molar-refractivity contribution is 6.30. The first-order valence-corrected chi connectivity index (χ1v) is 5.99. The zero-order valence-corrected chi connectivity index (χ0v) is 10.5. The predicted octanol–water partition coefficient (Wildman–Crippen LogP) is 4.27. The van der Waals surface area contributed by atoms with Crippen LogP contribution in [-0.4, -0.2) is 7.11 Å². The molecule has 0 radical (unpaired) electrons. The molecule has 0 N–H and O–H groups in total. The second kappa shape index (κ2) is 5.85. The molecule has 0 heterocycles. The lowest BCUT2D eigenvalue weighted by molar-refractivity contribution is 0.104. The van der Waals surface area contributed by atoms with Gasteiger partial charge in [0.1, 0.15) is 0 Å². The van der Waals surface area contributed by atoms with Crippen LogP contribution >= 0.6 is 11.6 Å². The standard InChI is InChI=1S/C15H15ClO/c1-17-15(13-5-3-2-4-6-13)11-12-7-9-14(16)10-8-12/h2-10,15H,11H2,1H3. The third-order valence-electron chi connectivity index (χ3n) is 2.79. The molecule has 2 rings (SSSR count). The van der Waals surface area contributed by atoms with Crippen LogP contribution in [-0.2, 0) is 11.2 Å². The Morgan fingerprint density at radius 1 is 1.00 bits per heavy atom. The van der Waals surface area contributed by atoms with Crippen molar-refractivity contribution in [1.29, 1.82) is 0 Å². The van der Waals surface area contributed by atoms with Gasteiger partial charge in [-0.15, -0.1) is 0 Å². The Labute approximate surface area is 107 Å². The molecule has 0 saturated carbocycles. The van der Waals surface area contributed by atoms with Gasteiger partial charge in [-0.05, 0) is 23.3 Å². The van der Waals surface area contributed by atoms with Gasteiger partial charge in [-0.1, -0.05) is 54.1 Å². The Balaban J connectivity index is 2.13. The first-order chi connectivity index (χ1) is 8.29. The molecule has 0 aromatic heterocycles. The second-order valence-electron chi connectivity index (χ2n) is 3.97. The Morgan fingerprint density at radius 3 is 2.24 bits per heavy atom. The normalized spacial score (nSPS) is 12.4. The molecular weight excluding hydrogens is 232 g/mol. The molecule has 0 aliphatic heterocycles. The van der Waals surface area contributed by atoms with Crippen LogP contribution in [0.5, 0.6) is 0 Å². The molecule has 0 bridgehead atoms. The minimum absolute atomic E-state index is 0.0948. The van der Waals surface area contributed by atoms with Gasteiger partial charge in [-0.25, -0.2) is 0 Å². The van der Waals surface area contributed by atoms with Gasteiger partial charge in [0.15, 0.2) is 0 Å². The summed E-state index contributed by atoms with van der Waals surface area (Å²) in [5, 5.41) is 0.766. The van der Waals surface area contributed by atoms with Crippen LogP contribution in [0.2, 0.25) is 5.02 Å². The number of halogens is 1. The summed E-state index contributed by atoms with van der Waals surface area (Å²) in [7, 11) is 1.74. The van der Waals surface area contributed by atoms with Crippen molar-refractivity contribution in [2.24, 2.45) is 0 Å². The highest BCUT2D eigenvalue weighted by Crippen LogP contribution is 2.22. The quantitative estimate of drug-likeness (QED) is 0.783. The highest BCUT2D eigenvalue weighted by atomic mass is 35.5. The van der Waals surface area contributed by atoms with Crippen LogP contribution < -0.4 is 0 Å². The Kier molecular flexibility index (Phi) is 4.18. The van der Waals surface area contributed by atoms with E-state index in [2.05, 4.69) is 12.1 Å². The molecule has 1 nitrogen and oxygen atoms in total. The summed E-state index contributed by atoms with van der Waals surface area (Å²) < 4.78 is 5.54. The third-order valence-corrected chi connectivity index (χ3v) is 3.04. The summed E-state index contributed by atoms with van der Waals surface area (Å²) in [6.45, 7) is 0. The van der Waals surface area contributed by atoms with Gasteiger partial charge in [-0.3, -0.25) is 0 Å². The molecule has 88 valence electrons. The van der Waals surface area contributed by atoms with Crippen LogP contribution in [0.1, 0.15) is 17.2 Å². The molecule has 1 unspecified atom stereocenters. The number of hydrogen-bond donors (Lipinski definition) is 0. The Morgan fingerprint density at radius 2 is 1.65 bits per heavy atom. The highest BCUT2D eigenvalue weighted by Gasteiger charge is 2.10. The molecule has 2 aromatic rings. The molecule has 0 fully saturated rings. The SMILES string of the molecule is COC(Cc1ccc(Cl)cc1)c1ccccc1. The van der Waals surface area contributed by atoms with E-state index in [0.29, 0.717) is 0 Å². The number of benzene rings is 2. The third kappa shape index (κ3) is 3.32. The van der Waals surface area contributed by atoms with Crippen LogP contribution in [0.3, 0.4) is 0 Å². The van der Waals surface area contributed by atoms with Crippen LogP contribution in [0.15, 0.2) is 54.6 Å². The largest absolute Gasteiger partial charge is 0.376 e.